The average molecular weight is 456 g/mol. The van der Waals surface area contributed by atoms with Gasteiger partial charge in [-0.25, -0.2) is 22.5 Å². The normalized spacial score (nSPS) is 17.9. The smallest absolute Gasteiger partial charge is 0.321 e. The van der Waals surface area contributed by atoms with Crippen molar-refractivity contribution in [2.45, 2.75) is 44.0 Å². The Morgan fingerprint density at radius 1 is 1.25 bits per heavy atom. The van der Waals surface area contributed by atoms with E-state index in [1.165, 1.54) is 4.31 Å². The third-order valence-electron chi connectivity index (χ3n) is 5.90. The molecule has 0 radical (unpaired) electrons. The first-order chi connectivity index (χ1) is 15.3. The number of nitrogens with one attached hydrogen (secondary N) is 1. The third-order valence-corrected chi connectivity index (χ3v) is 7.66. The molecule has 0 saturated heterocycles. The topological polar surface area (TPSA) is 108 Å². The molecular weight excluding hydrogens is 426 g/mol. The number of carbonyl (C=O) groups is 1. The molecular formula is C23H29N5O3S. The Morgan fingerprint density at radius 2 is 2.06 bits per heavy atom. The van der Waals surface area contributed by atoms with Gasteiger partial charge in [0.05, 0.1) is 17.5 Å². The molecule has 9 heteroatoms. The number of unbranched alkanes of at least 4 members (excludes halogenated alkanes) is 1. The summed E-state index contributed by atoms with van der Waals surface area (Å²) >= 11 is 0. The number of aliphatic imine (C=N–C) groups is 1. The zero-order valence-corrected chi connectivity index (χ0v) is 19.2. The number of fused-ring (bicyclic) bond motifs is 1. The van der Waals surface area contributed by atoms with Crippen LogP contribution in [0.3, 0.4) is 0 Å². The summed E-state index contributed by atoms with van der Waals surface area (Å²) in [6.07, 6.45) is 2.53. The molecule has 2 heterocycles. The summed E-state index contributed by atoms with van der Waals surface area (Å²) in [6.45, 7) is 5.38. The van der Waals surface area contributed by atoms with Gasteiger partial charge in [-0.1, -0.05) is 43.2 Å². The van der Waals surface area contributed by atoms with Crippen molar-refractivity contribution in [1.29, 1.82) is 0 Å². The average Bonchev–Trinajstić information content (AvgIpc) is 3.37. The molecule has 2 aliphatic heterocycles. The zero-order chi connectivity index (χ0) is 22.9. The van der Waals surface area contributed by atoms with Crippen molar-refractivity contribution >= 4 is 27.7 Å². The van der Waals surface area contributed by atoms with Crippen LogP contribution in [0, 0.1) is 6.92 Å². The second kappa shape index (κ2) is 8.82. The quantitative estimate of drug-likeness (QED) is 0.653. The Balaban J connectivity index is 1.53. The molecule has 2 aliphatic rings. The lowest BCUT2D eigenvalue weighted by Crippen LogP contribution is -2.39. The van der Waals surface area contributed by atoms with Crippen molar-refractivity contribution < 1.29 is 13.2 Å². The van der Waals surface area contributed by atoms with Gasteiger partial charge in [0, 0.05) is 18.8 Å². The fraction of sp³-hybridized carbons (Fsp3) is 0.391. The summed E-state index contributed by atoms with van der Waals surface area (Å²) in [4.78, 5) is 18.7. The Morgan fingerprint density at radius 3 is 2.81 bits per heavy atom. The number of amides is 2. The predicted octanol–water partition coefficient (Wildman–Crippen LogP) is 2.93. The Labute approximate surface area is 189 Å². The fourth-order valence-electron chi connectivity index (χ4n) is 4.14. The number of nitrogens with two attached hydrogens (primary N) is 1. The Kier molecular flexibility index (Phi) is 6.10. The molecule has 0 saturated carbocycles. The number of hydrogen-bond donors (Lipinski definition) is 2. The van der Waals surface area contributed by atoms with Crippen LogP contribution in [-0.2, 0) is 16.4 Å². The molecule has 0 fully saturated rings. The number of nitrogens with zero attached hydrogens (tertiary/aromatic N) is 3. The van der Waals surface area contributed by atoms with Crippen molar-refractivity contribution in [1.82, 2.24) is 9.62 Å². The maximum absolute atomic E-state index is 13.4. The van der Waals surface area contributed by atoms with Crippen molar-refractivity contribution in [2.75, 3.05) is 24.5 Å². The van der Waals surface area contributed by atoms with Crippen LogP contribution in [0.4, 0.5) is 10.5 Å². The summed E-state index contributed by atoms with van der Waals surface area (Å²) in [7, 11) is -3.86. The number of sulfonamides is 1. The largest absolute Gasteiger partial charge is 0.369 e. The van der Waals surface area contributed by atoms with E-state index in [0.717, 1.165) is 35.2 Å². The molecule has 1 unspecified atom stereocenters. The SMILES string of the molecule is CCCCNC(=O)N1CCc2cc(S(=O)(=O)N3CC(c4cccc(C)c4)N=C3N)ccc21. The molecule has 0 bridgehead atoms. The maximum Gasteiger partial charge on any atom is 0.321 e. The minimum atomic E-state index is -3.86. The van der Waals surface area contributed by atoms with Crippen LogP contribution in [0.5, 0.6) is 0 Å². The number of aryl methyl sites for hydroxylation is 1. The van der Waals surface area contributed by atoms with Crippen LogP contribution in [0.1, 0.15) is 42.5 Å². The lowest BCUT2D eigenvalue weighted by molar-refractivity contribution is 0.246. The van der Waals surface area contributed by atoms with Crippen LogP contribution >= 0.6 is 0 Å². The first-order valence-electron chi connectivity index (χ1n) is 10.9. The molecule has 170 valence electrons. The molecule has 8 nitrogen and oxygen atoms in total. The highest BCUT2D eigenvalue weighted by Crippen LogP contribution is 2.33. The lowest BCUT2D eigenvalue weighted by atomic mass is 10.1. The van der Waals surface area contributed by atoms with Gasteiger partial charge in [-0.05, 0) is 49.1 Å². The van der Waals surface area contributed by atoms with Gasteiger partial charge in [-0.3, -0.25) is 4.90 Å². The number of guanidine groups is 1. The summed E-state index contributed by atoms with van der Waals surface area (Å²) in [6, 6.07) is 12.3. The van der Waals surface area contributed by atoms with E-state index in [-0.39, 0.29) is 29.5 Å². The number of anilines is 1. The first kappa shape index (κ1) is 22.1. The molecule has 1 atom stereocenters. The molecule has 0 aromatic heterocycles. The number of carbonyl (C=O) groups excluding carboxylic acids is 1. The summed E-state index contributed by atoms with van der Waals surface area (Å²) in [5.74, 6) is -0.00562. The highest BCUT2D eigenvalue weighted by molar-refractivity contribution is 7.89. The van der Waals surface area contributed by atoms with Gasteiger partial charge in [0.2, 0.25) is 5.96 Å². The first-order valence-corrected chi connectivity index (χ1v) is 12.4. The van der Waals surface area contributed by atoms with Crippen LogP contribution < -0.4 is 16.0 Å². The number of rotatable bonds is 6. The molecule has 3 N–H and O–H groups in total. The van der Waals surface area contributed by atoms with Gasteiger partial charge in [0.1, 0.15) is 0 Å². The monoisotopic (exact) mass is 455 g/mol. The highest BCUT2D eigenvalue weighted by atomic mass is 32.2. The molecule has 4 rings (SSSR count). The fourth-order valence-corrected chi connectivity index (χ4v) is 5.55. The van der Waals surface area contributed by atoms with Gasteiger partial charge in [-0.2, -0.15) is 0 Å². The Hall–Kier alpha value is -3.07. The van der Waals surface area contributed by atoms with E-state index in [0.29, 0.717) is 19.5 Å². The van der Waals surface area contributed by atoms with Gasteiger partial charge in [-0.15, -0.1) is 0 Å². The number of hydrogen-bond acceptors (Lipinski definition) is 5. The molecule has 0 spiro atoms. The zero-order valence-electron chi connectivity index (χ0n) is 18.4. The summed E-state index contributed by atoms with van der Waals surface area (Å²) in [5, 5.41) is 2.91. The molecule has 2 aromatic carbocycles. The molecule has 2 amide bonds. The lowest BCUT2D eigenvalue weighted by Gasteiger charge is -2.21. The second-order valence-corrected chi connectivity index (χ2v) is 10.1. The molecule has 0 aliphatic carbocycles. The second-order valence-electron chi connectivity index (χ2n) is 8.23. The Bertz CT molecular complexity index is 1160. The van der Waals surface area contributed by atoms with E-state index in [9.17, 15) is 13.2 Å². The van der Waals surface area contributed by atoms with E-state index < -0.39 is 10.0 Å². The van der Waals surface area contributed by atoms with Gasteiger partial charge in [0.15, 0.2) is 0 Å². The van der Waals surface area contributed by atoms with Crippen LogP contribution in [0.2, 0.25) is 0 Å². The standard InChI is InChI=1S/C23H29N5O3S/c1-3-4-11-25-23(29)27-12-10-18-14-19(8-9-21(18)27)32(30,31)28-15-20(26-22(28)24)17-7-5-6-16(2)13-17/h5-9,13-14,20H,3-4,10-12,15H2,1-2H3,(H2,24,26)(H,25,29). The van der Waals surface area contributed by atoms with Crippen molar-refractivity contribution in [3.8, 4) is 0 Å². The van der Waals surface area contributed by atoms with Gasteiger partial charge < -0.3 is 11.1 Å². The van der Waals surface area contributed by atoms with E-state index in [4.69, 9.17) is 5.73 Å². The summed E-state index contributed by atoms with van der Waals surface area (Å²) in [5.41, 5.74) is 9.64. The van der Waals surface area contributed by atoms with Crippen LogP contribution in [-0.4, -0.2) is 44.3 Å². The van der Waals surface area contributed by atoms with E-state index in [1.54, 1.807) is 23.1 Å². The van der Waals surface area contributed by atoms with Crippen LogP contribution in [0.15, 0.2) is 52.4 Å². The van der Waals surface area contributed by atoms with E-state index in [2.05, 4.69) is 17.2 Å². The van der Waals surface area contributed by atoms with Gasteiger partial charge >= 0.3 is 6.03 Å². The minimum Gasteiger partial charge on any atom is -0.369 e. The van der Waals surface area contributed by atoms with Gasteiger partial charge in [0.25, 0.3) is 10.0 Å². The maximum atomic E-state index is 13.4. The molecule has 2 aromatic rings. The third kappa shape index (κ3) is 4.17. The minimum absolute atomic E-state index is 0.00562. The van der Waals surface area contributed by atoms with Crippen molar-refractivity contribution in [2.24, 2.45) is 10.7 Å². The highest BCUT2D eigenvalue weighted by Gasteiger charge is 2.35. The predicted molar refractivity (Wildman–Crippen MR) is 125 cm³/mol. The molecule has 32 heavy (non-hydrogen) atoms. The van der Waals surface area contributed by atoms with Crippen molar-refractivity contribution in [3.63, 3.8) is 0 Å². The summed E-state index contributed by atoms with van der Waals surface area (Å²) < 4.78 is 27.9. The van der Waals surface area contributed by atoms with E-state index >= 15 is 0 Å². The van der Waals surface area contributed by atoms with Crippen LogP contribution in [0.25, 0.3) is 0 Å². The number of urea groups is 1. The van der Waals surface area contributed by atoms with E-state index in [1.807, 2.05) is 31.2 Å². The number of benzene rings is 2. The van der Waals surface area contributed by atoms with Crippen molar-refractivity contribution in [3.05, 3.63) is 59.2 Å².